The summed E-state index contributed by atoms with van der Waals surface area (Å²) in [6.45, 7) is 10.9. The largest absolute Gasteiger partial charge is 0.508 e. The first kappa shape index (κ1) is 33.4. The lowest BCUT2D eigenvalue weighted by Gasteiger charge is -2.17. The number of aromatic nitrogens is 3. The molecule has 0 bridgehead atoms. The van der Waals surface area contributed by atoms with Gasteiger partial charge in [-0.1, -0.05) is 63.2 Å². The summed E-state index contributed by atoms with van der Waals surface area (Å²) >= 11 is 1.67. The molecule has 0 radical (unpaired) electrons. The molecular weight excluding hydrogens is 611 g/mol. The second kappa shape index (κ2) is 14.2. The second-order valence-corrected chi connectivity index (χ2v) is 13.3. The zero-order chi connectivity index (χ0) is 33.7. The van der Waals surface area contributed by atoms with Crippen LogP contribution in [-0.4, -0.2) is 31.7 Å². The van der Waals surface area contributed by atoms with Crippen LogP contribution >= 0.6 is 11.8 Å². The molecule has 0 atom stereocenters. The third kappa shape index (κ3) is 7.89. The van der Waals surface area contributed by atoms with Crippen LogP contribution in [0, 0.1) is 13.8 Å². The summed E-state index contributed by atoms with van der Waals surface area (Å²) in [4.78, 5) is 27.7. The number of carbonyl (C=O) groups excluding carboxylic acids is 1. The van der Waals surface area contributed by atoms with Crippen molar-refractivity contribution in [2.24, 2.45) is 0 Å². The highest BCUT2D eigenvalue weighted by molar-refractivity contribution is 7.98. The van der Waals surface area contributed by atoms with Gasteiger partial charge in [-0.25, -0.2) is 9.48 Å². The highest BCUT2D eigenvalue weighted by Crippen LogP contribution is 2.27. The monoisotopic (exact) mass is 651 g/mol. The number of aromatic hydroxyl groups is 1. The predicted molar refractivity (Wildman–Crippen MR) is 188 cm³/mol. The Bertz CT molecular complexity index is 1940. The number of anilines is 1. The number of nitrogens with one attached hydrogen (secondary N) is 2. The molecule has 5 aromatic rings. The van der Waals surface area contributed by atoms with Crippen LogP contribution in [0.3, 0.4) is 0 Å². The maximum atomic E-state index is 13.4. The van der Waals surface area contributed by atoms with Crippen molar-refractivity contribution in [1.29, 1.82) is 0 Å². The molecule has 2 aromatic heterocycles. The molecule has 0 saturated carbocycles. The van der Waals surface area contributed by atoms with Gasteiger partial charge in [0.05, 0.1) is 23.5 Å². The van der Waals surface area contributed by atoms with E-state index in [0.29, 0.717) is 29.4 Å². The number of rotatable bonds is 10. The molecule has 0 fully saturated rings. The minimum Gasteiger partial charge on any atom is -0.508 e. The SMILES string of the molecule is CSc1ccccc1Cn1c(C)cc(OCc2ccccc2CNC(=O)Nc2cc(C(C)(C)C)nn2-c2ccc(O)cc2)c(C)c1=O. The fourth-order valence-corrected chi connectivity index (χ4v) is 5.79. The van der Waals surface area contributed by atoms with Gasteiger partial charge in [-0.05, 0) is 73.2 Å². The molecule has 0 aliphatic rings. The molecule has 2 heterocycles. The van der Waals surface area contributed by atoms with Crippen LogP contribution in [0.25, 0.3) is 5.69 Å². The number of pyridine rings is 1. The Balaban J connectivity index is 1.27. The number of amides is 2. The molecule has 0 aliphatic carbocycles. The van der Waals surface area contributed by atoms with Crippen molar-refractivity contribution in [3.63, 3.8) is 0 Å². The number of phenols is 1. The lowest BCUT2D eigenvalue weighted by molar-refractivity contribution is 0.251. The van der Waals surface area contributed by atoms with Crippen molar-refractivity contribution < 1.29 is 14.6 Å². The fourth-order valence-electron chi connectivity index (χ4n) is 5.18. The zero-order valence-electron chi connectivity index (χ0n) is 27.6. The van der Waals surface area contributed by atoms with Crippen LogP contribution < -0.4 is 20.9 Å². The normalized spacial score (nSPS) is 11.4. The van der Waals surface area contributed by atoms with Gasteiger partial charge in [-0.2, -0.15) is 5.10 Å². The van der Waals surface area contributed by atoms with E-state index in [-0.39, 0.29) is 35.9 Å². The van der Waals surface area contributed by atoms with Crippen LogP contribution in [0.1, 0.15) is 54.4 Å². The van der Waals surface area contributed by atoms with Gasteiger partial charge in [0.1, 0.15) is 23.9 Å². The van der Waals surface area contributed by atoms with Gasteiger partial charge in [-0.3, -0.25) is 10.1 Å². The molecule has 2 amide bonds. The van der Waals surface area contributed by atoms with Gasteiger partial charge >= 0.3 is 6.03 Å². The lowest BCUT2D eigenvalue weighted by Crippen LogP contribution is -2.29. The molecule has 3 aromatic carbocycles. The molecule has 0 unspecified atom stereocenters. The standard InChI is InChI=1S/C37H41N5O4S/c1-24-19-31(25(2)35(44)41(24)22-27-12-9-10-14-32(27)47-6)46-23-28-13-8-7-11-26(28)21-38-36(45)39-34-20-33(37(3,4)5)40-42(34)29-15-17-30(43)18-16-29/h7-20,43H,21-23H2,1-6H3,(H2,38,39,45). The Kier molecular flexibility index (Phi) is 10.1. The molecule has 244 valence electrons. The average molecular weight is 652 g/mol. The predicted octanol–water partition coefficient (Wildman–Crippen LogP) is 7.32. The second-order valence-electron chi connectivity index (χ2n) is 12.4. The van der Waals surface area contributed by atoms with Crippen molar-refractivity contribution in [2.75, 3.05) is 11.6 Å². The average Bonchev–Trinajstić information content (AvgIpc) is 3.48. The molecule has 47 heavy (non-hydrogen) atoms. The Labute approximate surface area is 279 Å². The zero-order valence-corrected chi connectivity index (χ0v) is 28.4. The Morgan fingerprint density at radius 2 is 1.60 bits per heavy atom. The molecule has 9 nitrogen and oxygen atoms in total. The van der Waals surface area contributed by atoms with Crippen molar-refractivity contribution in [3.8, 4) is 17.2 Å². The van der Waals surface area contributed by atoms with E-state index < -0.39 is 0 Å². The third-order valence-corrected chi connectivity index (χ3v) is 8.81. The maximum Gasteiger partial charge on any atom is 0.320 e. The van der Waals surface area contributed by atoms with Crippen molar-refractivity contribution in [2.45, 2.75) is 64.6 Å². The van der Waals surface area contributed by atoms with Gasteiger partial charge in [-0.15, -0.1) is 11.8 Å². The summed E-state index contributed by atoms with van der Waals surface area (Å²) in [6.07, 6.45) is 2.04. The number of phenolic OH excluding ortho intramolecular Hbond substituents is 1. The molecule has 3 N–H and O–H groups in total. The number of carbonyl (C=O) groups is 1. The first-order valence-electron chi connectivity index (χ1n) is 15.4. The molecule has 0 spiro atoms. The number of nitrogens with zero attached hydrogens (tertiary/aromatic N) is 3. The van der Waals surface area contributed by atoms with E-state index in [2.05, 4.69) is 43.5 Å². The van der Waals surface area contributed by atoms with Crippen LogP contribution in [0.15, 0.2) is 94.6 Å². The number of urea groups is 1. The summed E-state index contributed by atoms with van der Waals surface area (Å²) in [7, 11) is 0. The van der Waals surface area contributed by atoms with Gasteiger partial charge in [0.2, 0.25) is 0 Å². The summed E-state index contributed by atoms with van der Waals surface area (Å²) < 4.78 is 9.65. The summed E-state index contributed by atoms with van der Waals surface area (Å²) in [5.41, 5.74) is 5.45. The molecule has 0 aliphatic heterocycles. The van der Waals surface area contributed by atoms with Crippen molar-refractivity contribution in [3.05, 3.63) is 129 Å². The van der Waals surface area contributed by atoms with Crippen molar-refractivity contribution in [1.82, 2.24) is 19.7 Å². The van der Waals surface area contributed by atoms with Gasteiger partial charge in [0, 0.05) is 28.6 Å². The van der Waals surface area contributed by atoms with Crippen LogP contribution in [-0.2, 0) is 25.1 Å². The number of hydrogen-bond acceptors (Lipinski definition) is 6. The number of benzene rings is 3. The summed E-state index contributed by atoms with van der Waals surface area (Å²) in [6, 6.07) is 25.9. The number of aryl methyl sites for hydroxylation is 1. The Morgan fingerprint density at radius 3 is 2.28 bits per heavy atom. The lowest BCUT2D eigenvalue weighted by atomic mass is 9.92. The van der Waals surface area contributed by atoms with Crippen LogP contribution in [0.2, 0.25) is 0 Å². The van der Waals surface area contributed by atoms with Gasteiger partial charge < -0.3 is 19.7 Å². The molecule has 10 heteroatoms. The van der Waals surface area contributed by atoms with E-state index >= 15 is 0 Å². The topological polar surface area (TPSA) is 110 Å². The van der Waals surface area contributed by atoms with E-state index in [1.807, 2.05) is 61.7 Å². The Hall–Kier alpha value is -4.96. The minimum absolute atomic E-state index is 0.0799. The highest BCUT2D eigenvalue weighted by atomic mass is 32.2. The molecular formula is C37H41N5O4S. The Morgan fingerprint density at radius 1 is 0.936 bits per heavy atom. The van der Waals surface area contributed by atoms with E-state index in [1.165, 1.54) is 0 Å². The number of ether oxygens (including phenoxy) is 1. The first-order chi connectivity index (χ1) is 22.4. The van der Waals surface area contributed by atoms with Crippen LogP contribution in [0.4, 0.5) is 10.6 Å². The minimum atomic E-state index is -0.390. The molecule has 0 saturated heterocycles. The summed E-state index contributed by atoms with van der Waals surface area (Å²) in [5.74, 6) is 1.20. The smallest absolute Gasteiger partial charge is 0.320 e. The number of thioether (sulfide) groups is 1. The first-order valence-corrected chi connectivity index (χ1v) is 16.6. The highest BCUT2D eigenvalue weighted by Gasteiger charge is 2.22. The number of hydrogen-bond donors (Lipinski definition) is 3. The van der Waals surface area contributed by atoms with Gasteiger partial charge in [0.15, 0.2) is 0 Å². The van der Waals surface area contributed by atoms with Crippen LogP contribution in [0.5, 0.6) is 11.5 Å². The third-order valence-electron chi connectivity index (χ3n) is 7.98. The van der Waals surface area contributed by atoms with E-state index in [4.69, 9.17) is 9.84 Å². The van der Waals surface area contributed by atoms with Crippen molar-refractivity contribution >= 4 is 23.6 Å². The van der Waals surface area contributed by atoms with E-state index in [0.717, 1.165) is 33.0 Å². The summed E-state index contributed by atoms with van der Waals surface area (Å²) in [5, 5.41) is 20.3. The van der Waals surface area contributed by atoms with E-state index in [9.17, 15) is 14.7 Å². The van der Waals surface area contributed by atoms with E-state index in [1.54, 1.807) is 52.2 Å². The van der Waals surface area contributed by atoms with Gasteiger partial charge in [0.25, 0.3) is 5.56 Å². The quantitative estimate of drug-likeness (QED) is 0.137. The fraction of sp³-hybridized carbons (Fsp3) is 0.270. The maximum absolute atomic E-state index is 13.4. The molecule has 5 rings (SSSR count).